The quantitative estimate of drug-likeness (QED) is 0.545. The third-order valence-corrected chi connectivity index (χ3v) is 5.40. The van der Waals surface area contributed by atoms with Gasteiger partial charge in [-0.05, 0) is 24.3 Å². The summed E-state index contributed by atoms with van der Waals surface area (Å²) in [5, 5.41) is 7.21. The van der Waals surface area contributed by atoms with E-state index in [9.17, 15) is 4.79 Å². The van der Waals surface area contributed by atoms with E-state index in [1.165, 1.54) is 5.01 Å². The van der Waals surface area contributed by atoms with Crippen molar-refractivity contribution >= 4 is 34.1 Å². The van der Waals surface area contributed by atoms with Crippen molar-refractivity contribution in [1.82, 2.24) is 9.99 Å². The molecule has 7 nitrogen and oxygen atoms in total. The predicted molar refractivity (Wildman–Crippen MR) is 114 cm³/mol. The van der Waals surface area contributed by atoms with Gasteiger partial charge in [0.15, 0.2) is 11.5 Å². The molecule has 0 bridgehead atoms. The van der Waals surface area contributed by atoms with Gasteiger partial charge in [-0.15, -0.1) is 0 Å². The first-order chi connectivity index (χ1) is 14.4. The smallest absolute Gasteiger partial charge is 0.245 e. The Morgan fingerprint density at radius 2 is 1.97 bits per heavy atom. The molecule has 1 atom stereocenters. The van der Waals surface area contributed by atoms with Crippen molar-refractivity contribution in [2.45, 2.75) is 26.3 Å². The van der Waals surface area contributed by atoms with E-state index in [0.717, 1.165) is 10.9 Å². The minimum Gasteiger partial charge on any atom is -0.493 e. The fourth-order valence-corrected chi connectivity index (χ4v) is 3.81. The van der Waals surface area contributed by atoms with E-state index in [-0.39, 0.29) is 17.9 Å². The summed E-state index contributed by atoms with van der Waals surface area (Å²) < 4.78 is 16.3. The van der Waals surface area contributed by atoms with Crippen LogP contribution >= 0.6 is 11.6 Å². The van der Waals surface area contributed by atoms with Gasteiger partial charge < -0.3 is 13.9 Å². The summed E-state index contributed by atoms with van der Waals surface area (Å²) in [6.07, 6.45) is 2.07. The molecule has 0 N–H and O–H groups in total. The lowest BCUT2D eigenvalue weighted by atomic mass is 10.00. The van der Waals surface area contributed by atoms with Gasteiger partial charge in [0.2, 0.25) is 5.91 Å². The summed E-state index contributed by atoms with van der Waals surface area (Å²) in [5.41, 5.74) is 2.09. The Hall–Kier alpha value is -3.06. The number of hydrazone groups is 1. The Balaban J connectivity index is 1.80. The average Bonchev–Trinajstić information content (AvgIpc) is 3.41. The maximum atomic E-state index is 12.9. The van der Waals surface area contributed by atoms with Gasteiger partial charge in [0.05, 0.1) is 32.0 Å². The summed E-state index contributed by atoms with van der Waals surface area (Å²) in [6.45, 7) is 3.69. The average molecular weight is 428 g/mol. The molecule has 1 aliphatic heterocycles. The zero-order chi connectivity index (χ0) is 21.4. The number of hydrogen-bond acceptors (Lipinski definition) is 6. The summed E-state index contributed by atoms with van der Waals surface area (Å²) in [4.78, 5) is 17.4. The lowest BCUT2D eigenvalue weighted by Gasteiger charge is -2.24. The number of amides is 1. The first-order valence-electron chi connectivity index (χ1n) is 9.59. The fraction of sp³-hybridized carbons (Fsp3) is 0.318. The second kappa shape index (κ2) is 7.99. The van der Waals surface area contributed by atoms with Gasteiger partial charge in [0.25, 0.3) is 0 Å². The van der Waals surface area contributed by atoms with Crippen molar-refractivity contribution in [1.29, 1.82) is 0 Å². The molecule has 3 heterocycles. The van der Waals surface area contributed by atoms with Crippen molar-refractivity contribution in [2.75, 3.05) is 14.2 Å². The summed E-state index contributed by atoms with van der Waals surface area (Å²) in [7, 11) is 3.15. The van der Waals surface area contributed by atoms with Crippen molar-refractivity contribution in [3.8, 4) is 11.5 Å². The van der Waals surface area contributed by atoms with Gasteiger partial charge in [-0.25, -0.2) is 9.99 Å². The number of aromatic nitrogens is 1. The Labute approximate surface area is 179 Å². The number of furan rings is 1. The van der Waals surface area contributed by atoms with Crippen LogP contribution in [0, 0.1) is 5.92 Å². The fourth-order valence-electron chi connectivity index (χ4n) is 3.54. The summed E-state index contributed by atoms with van der Waals surface area (Å²) in [6, 6.07) is 8.80. The molecule has 0 saturated heterocycles. The van der Waals surface area contributed by atoms with Crippen LogP contribution in [0.2, 0.25) is 5.15 Å². The second-order valence-electron chi connectivity index (χ2n) is 7.35. The standard InChI is InChI=1S/C22H22ClN3O4/c1-12(2)22(27)26-17(10-16(25-26)18-6-5-7-30-18)14-8-13-9-19(28-3)20(29-4)11-15(13)24-21(14)23/h5-9,11-12,17H,10H2,1-4H3/t17-/m1/s1. The third-order valence-electron chi connectivity index (χ3n) is 5.10. The molecule has 1 aromatic carbocycles. The Kier molecular flexibility index (Phi) is 5.39. The highest BCUT2D eigenvalue weighted by Gasteiger charge is 2.36. The van der Waals surface area contributed by atoms with E-state index in [4.69, 9.17) is 25.5 Å². The van der Waals surface area contributed by atoms with Crippen LogP contribution in [0.25, 0.3) is 10.9 Å². The highest BCUT2D eigenvalue weighted by Crippen LogP contribution is 2.39. The molecule has 4 rings (SSSR count). The number of nitrogens with zero attached hydrogens (tertiary/aromatic N) is 3. The maximum absolute atomic E-state index is 12.9. The summed E-state index contributed by atoms with van der Waals surface area (Å²) >= 11 is 6.58. The monoisotopic (exact) mass is 427 g/mol. The van der Waals surface area contributed by atoms with E-state index in [2.05, 4.69) is 10.1 Å². The number of rotatable bonds is 5. The number of pyridine rings is 1. The van der Waals surface area contributed by atoms with Crippen LogP contribution in [0.4, 0.5) is 0 Å². The number of carbonyl (C=O) groups excluding carboxylic acids is 1. The number of ether oxygens (including phenoxy) is 2. The van der Waals surface area contributed by atoms with Gasteiger partial charge in [0.1, 0.15) is 16.6 Å². The van der Waals surface area contributed by atoms with Gasteiger partial charge in [-0.3, -0.25) is 4.79 Å². The molecule has 8 heteroatoms. The Morgan fingerprint density at radius 3 is 2.60 bits per heavy atom. The topological polar surface area (TPSA) is 77.2 Å². The summed E-state index contributed by atoms with van der Waals surface area (Å²) in [5.74, 6) is 1.49. The molecule has 1 amide bonds. The van der Waals surface area contributed by atoms with E-state index in [1.54, 1.807) is 32.6 Å². The number of methoxy groups -OCH3 is 2. The van der Waals surface area contributed by atoms with Crippen LogP contribution in [0.5, 0.6) is 11.5 Å². The SMILES string of the molecule is COc1cc2cc([C@H]3CC(c4ccco4)=NN3C(=O)C(C)C)c(Cl)nc2cc1OC. The van der Waals surface area contributed by atoms with Crippen molar-refractivity contribution in [3.05, 3.63) is 53.1 Å². The molecular weight excluding hydrogens is 406 g/mol. The Bertz CT molecular complexity index is 1130. The Morgan fingerprint density at radius 1 is 1.23 bits per heavy atom. The number of halogens is 1. The first-order valence-corrected chi connectivity index (χ1v) is 9.97. The minimum atomic E-state index is -0.377. The molecule has 0 saturated carbocycles. The van der Waals surface area contributed by atoms with Crippen molar-refractivity contribution < 1.29 is 18.7 Å². The molecule has 0 aliphatic carbocycles. The highest BCUT2D eigenvalue weighted by molar-refractivity contribution is 6.30. The largest absolute Gasteiger partial charge is 0.493 e. The minimum absolute atomic E-state index is 0.0926. The van der Waals surface area contributed by atoms with Crippen molar-refractivity contribution in [3.63, 3.8) is 0 Å². The molecule has 30 heavy (non-hydrogen) atoms. The lowest BCUT2D eigenvalue weighted by Crippen LogP contribution is -2.30. The molecule has 0 fully saturated rings. The lowest BCUT2D eigenvalue weighted by molar-refractivity contribution is -0.136. The van der Waals surface area contributed by atoms with Gasteiger partial charge in [0, 0.05) is 29.4 Å². The van der Waals surface area contributed by atoms with Crippen LogP contribution in [0.1, 0.15) is 37.6 Å². The third kappa shape index (κ3) is 3.50. The molecule has 0 unspecified atom stereocenters. The normalized spacial score (nSPS) is 16.3. The molecule has 3 aromatic rings. The molecule has 2 aromatic heterocycles. The highest BCUT2D eigenvalue weighted by atomic mass is 35.5. The van der Waals surface area contributed by atoms with Crippen molar-refractivity contribution in [2.24, 2.45) is 11.0 Å². The molecule has 156 valence electrons. The van der Waals surface area contributed by atoms with E-state index < -0.39 is 0 Å². The number of carbonyl (C=O) groups is 1. The predicted octanol–water partition coefficient (Wildman–Crippen LogP) is 4.83. The van der Waals surface area contributed by atoms with Gasteiger partial charge in [-0.1, -0.05) is 25.4 Å². The van der Waals surface area contributed by atoms with Crippen LogP contribution in [0.15, 0.2) is 46.1 Å². The van der Waals surface area contributed by atoms with E-state index in [0.29, 0.717) is 40.1 Å². The van der Waals surface area contributed by atoms with E-state index in [1.807, 2.05) is 32.0 Å². The van der Waals surface area contributed by atoms with E-state index >= 15 is 0 Å². The first kappa shape index (κ1) is 20.2. The number of fused-ring (bicyclic) bond motifs is 1. The second-order valence-corrected chi connectivity index (χ2v) is 7.71. The van der Waals surface area contributed by atoms with Gasteiger partial charge >= 0.3 is 0 Å². The number of benzene rings is 1. The molecule has 1 aliphatic rings. The zero-order valence-electron chi connectivity index (χ0n) is 17.2. The van der Waals surface area contributed by atoms with Gasteiger partial charge in [-0.2, -0.15) is 5.10 Å². The van der Waals surface area contributed by atoms with Crippen LogP contribution in [-0.4, -0.2) is 35.8 Å². The molecule has 0 spiro atoms. The van der Waals surface area contributed by atoms with Crippen LogP contribution in [0.3, 0.4) is 0 Å². The maximum Gasteiger partial charge on any atom is 0.245 e. The molecular formula is C22H22ClN3O4. The molecule has 0 radical (unpaired) electrons. The zero-order valence-corrected chi connectivity index (χ0v) is 17.9. The van der Waals surface area contributed by atoms with Crippen LogP contribution < -0.4 is 9.47 Å². The number of hydrogen-bond donors (Lipinski definition) is 0. The van der Waals surface area contributed by atoms with Crippen LogP contribution in [-0.2, 0) is 4.79 Å².